The number of pyridine rings is 1. The molecule has 0 radical (unpaired) electrons. The van der Waals surface area contributed by atoms with Gasteiger partial charge in [0, 0.05) is 6.20 Å². The lowest BCUT2D eigenvalue weighted by atomic mass is 10.1. The van der Waals surface area contributed by atoms with Crippen molar-refractivity contribution in [3.63, 3.8) is 0 Å². The number of carbonyl (C=O) groups excluding carboxylic acids is 1. The average Bonchev–Trinajstić information content (AvgIpc) is 2.48. The smallest absolute Gasteiger partial charge is 0.285 e. The second kappa shape index (κ2) is 6.77. The van der Waals surface area contributed by atoms with Crippen LogP contribution >= 0.6 is 23.2 Å². The number of halogens is 2. The van der Waals surface area contributed by atoms with Crippen molar-refractivity contribution >= 4 is 34.9 Å². The van der Waals surface area contributed by atoms with E-state index in [4.69, 9.17) is 28.5 Å². The third-order valence-corrected chi connectivity index (χ3v) is 3.60. The van der Waals surface area contributed by atoms with Crippen molar-refractivity contribution in [3.8, 4) is 6.07 Å². The number of hydrogen-bond acceptors (Lipinski definition) is 5. The zero-order chi connectivity index (χ0) is 17.1. The summed E-state index contributed by atoms with van der Waals surface area (Å²) < 4.78 is 0.931. The summed E-state index contributed by atoms with van der Waals surface area (Å²) in [7, 11) is 0. The van der Waals surface area contributed by atoms with Gasteiger partial charge in [-0.05, 0) is 25.5 Å². The Labute approximate surface area is 141 Å². The number of aromatic nitrogens is 3. The Morgan fingerprint density at radius 3 is 2.74 bits per heavy atom. The van der Waals surface area contributed by atoms with E-state index in [2.05, 4.69) is 15.4 Å². The Morgan fingerprint density at radius 1 is 1.43 bits per heavy atom. The van der Waals surface area contributed by atoms with E-state index in [0.29, 0.717) is 16.3 Å². The minimum absolute atomic E-state index is 0.0343. The molecular weight excluding hydrogens is 341 g/mol. The van der Waals surface area contributed by atoms with E-state index < -0.39 is 11.5 Å². The van der Waals surface area contributed by atoms with Crippen LogP contribution in [0.1, 0.15) is 16.8 Å². The summed E-state index contributed by atoms with van der Waals surface area (Å²) in [5.74, 6) is -0.429. The molecule has 0 saturated carbocycles. The molecule has 2 aromatic heterocycles. The number of nitriles is 1. The average molecular weight is 352 g/mol. The first kappa shape index (κ1) is 16.9. The van der Waals surface area contributed by atoms with Gasteiger partial charge in [-0.15, -0.1) is 0 Å². The van der Waals surface area contributed by atoms with Crippen LogP contribution in [0.5, 0.6) is 0 Å². The molecule has 0 saturated heterocycles. The van der Waals surface area contributed by atoms with E-state index in [9.17, 15) is 9.59 Å². The predicted octanol–water partition coefficient (Wildman–Crippen LogP) is 2.07. The standard InChI is InChI=1S/C14H11Cl2N5O2/c1-7-8(2)20-21(14(23)10(7)4-17)6-12(22)19-13-11(16)3-9(15)5-18-13/h3,5H,6H2,1-2H3,(H,18,19,22). The fourth-order valence-corrected chi connectivity index (χ4v) is 2.25. The van der Waals surface area contributed by atoms with Crippen LogP contribution in [0.2, 0.25) is 10.0 Å². The van der Waals surface area contributed by atoms with E-state index in [1.165, 1.54) is 12.3 Å². The predicted molar refractivity (Wildman–Crippen MR) is 85.6 cm³/mol. The Kier molecular flexibility index (Phi) is 4.98. The van der Waals surface area contributed by atoms with Gasteiger partial charge >= 0.3 is 0 Å². The fourth-order valence-electron chi connectivity index (χ4n) is 1.82. The van der Waals surface area contributed by atoms with Crippen molar-refractivity contribution in [2.75, 3.05) is 5.32 Å². The lowest BCUT2D eigenvalue weighted by Gasteiger charge is -2.10. The van der Waals surface area contributed by atoms with Crippen molar-refractivity contribution in [2.45, 2.75) is 20.4 Å². The second-order valence-corrected chi connectivity index (χ2v) is 5.54. The largest absolute Gasteiger partial charge is 0.308 e. The molecule has 1 amide bonds. The Balaban J connectivity index is 2.26. The van der Waals surface area contributed by atoms with Gasteiger partial charge in [-0.25, -0.2) is 9.67 Å². The van der Waals surface area contributed by atoms with Crippen LogP contribution in [-0.4, -0.2) is 20.7 Å². The topological polar surface area (TPSA) is 101 Å². The van der Waals surface area contributed by atoms with Gasteiger partial charge in [-0.1, -0.05) is 23.2 Å². The number of nitrogens with zero attached hydrogens (tertiary/aromatic N) is 4. The minimum atomic E-state index is -0.624. The Hall–Kier alpha value is -2.43. The van der Waals surface area contributed by atoms with Crippen LogP contribution in [0, 0.1) is 25.2 Å². The molecular formula is C14H11Cl2N5O2. The second-order valence-electron chi connectivity index (χ2n) is 4.69. The molecule has 0 unspecified atom stereocenters. The van der Waals surface area contributed by atoms with Gasteiger partial charge in [-0.3, -0.25) is 9.59 Å². The van der Waals surface area contributed by atoms with Gasteiger partial charge in [0.15, 0.2) is 5.82 Å². The van der Waals surface area contributed by atoms with Gasteiger partial charge in [-0.2, -0.15) is 10.4 Å². The molecule has 0 aliphatic rings. The molecule has 0 atom stereocenters. The molecule has 23 heavy (non-hydrogen) atoms. The molecule has 0 aliphatic carbocycles. The molecule has 9 heteroatoms. The third-order valence-electron chi connectivity index (χ3n) is 3.11. The quantitative estimate of drug-likeness (QED) is 0.911. The van der Waals surface area contributed by atoms with Crippen LogP contribution in [0.25, 0.3) is 0 Å². The van der Waals surface area contributed by atoms with Crippen LogP contribution in [0.3, 0.4) is 0 Å². The molecule has 2 aromatic rings. The number of amides is 1. The van der Waals surface area contributed by atoms with Gasteiger partial charge in [0.25, 0.3) is 5.56 Å². The molecule has 2 rings (SSSR count). The van der Waals surface area contributed by atoms with E-state index in [1.807, 2.05) is 6.07 Å². The van der Waals surface area contributed by atoms with E-state index in [1.54, 1.807) is 13.8 Å². The monoisotopic (exact) mass is 351 g/mol. The van der Waals surface area contributed by atoms with Gasteiger partial charge < -0.3 is 5.32 Å². The molecule has 0 spiro atoms. The maximum absolute atomic E-state index is 12.1. The van der Waals surface area contributed by atoms with E-state index >= 15 is 0 Å². The summed E-state index contributed by atoms with van der Waals surface area (Å²) in [5.41, 5.74) is 0.335. The number of hydrogen-bond donors (Lipinski definition) is 1. The normalized spacial score (nSPS) is 10.2. The minimum Gasteiger partial charge on any atom is -0.308 e. The molecule has 0 aliphatic heterocycles. The highest BCUT2D eigenvalue weighted by molar-refractivity contribution is 6.36. The molecule has 7 nitrogen and oxygen atoms in total. The van der Waals surface area contributed by atoms with Crippen molar-refractivity contribution in [1.29, 1.82) is 5.26 Å². The molecule has 118 valence electrons. The number of aryl methyl sites for hydroxylation is 1. The highest BCUT2D eigenvalue weighted by Gasteiger charge is 2.15. The van der Waals surface area contributed by atoms with Crippen LogP contribution in [-0.2, 0) is 11.3 Å². The van der Waals surface area contributed by atoms with Crippen LogP contribution in [0.15, 0.2) is 17.1 Å². The van der Waals surface area contributed by atoms with Gasteiger partial charge in [0.2, 0.25) is 5.91 Å². The molecule has 0 aromatic carbocycles. The van der Waals surface area contributed by atoms with Gasteiger partial charge in [0.05, 0.1) is 15.7 Å². The SMILES string of the molecule is Cc1nn(CC(=O)Nc2ncc(Cl)cc2Cl)c(=O)c(C#N)c1C. The molecule has 1 N–H and O–H groups in total. The Bertz CT molecular complexity index is 886. The first-order valence-corrected chi connectivity index (χ1v) is 7.18. The first-order valence-electron chi connectivity index (χ1n) is 6.42. The summed E-state index contributed by atoms with van der Waals surface area (Å²) in [6.45, 7) is 2.92. The molecule has 0 bridgehead atoms. The lowest BCUT2D eigenvalue weighted by Crippen LogP contribution is -2.32. The third kappa shape index (κ3) is 3.67. The maximum Gasteiger partial charge on any atom is 0.285 e. The summed E-state index contributed by atoms with van der Waals surface area (Å²) in [4.78, 5) is 28.0. The van der Waals surface area contributed by atoms with Crippen LogP contribution in [0.4, 0.5) is 5.82 Å². The molecule has 2 heterocycles. The summed E-state index contributed by atoms with van der Waals surface area (Å²) in [6, 6.07) is 3.26. The zero-order valence-electron chi connectivity index (χ0n) is 12.2. The van der Waals surface area contributed by atoms with Crippen LogP contribution < -0.4 is 10.9 Å². The van der Waals surface area contributed by atoms with Crippen molar-refractivity contribution in [1.82, 2.24) is 14.8 Å². The van der Waals surface area contributed by atoms with Crippen molar-refractivity contribution in [2.24, 2.45) is 0 Å². The van der Waals surface area contributed by atoms with Gasteiger partial charge in [0.1, 0.15) is 18.2 Å². The summed E-state index contributed by atoms with van der Waals surface area (Å²) >= 11 is 11.6. The van der Waals surface area contributed by atoms with Crippen molar-refractivity contribution < 1.29 is 4.79 Å². The zero-order valence-corrected chi connectivity index (χ0v) is 13.7. The highest BCUT2D eigenvalue weighted by Crippen LogP contribution is 2.22. The fraction of sp³-hybridized carbons (Fsp3) is 0.214. The molecule has 0 fully saturated rings. The summed E-state index contributed by atoms with van der Waals surface area (Å²) in [5, 5.41) is 16.0. The number of carbonyl (C=O) groups is 1. The number of anilines is 1. The maximum atomic E-state index is 12.1. The van der Waals surface area contributed by atoms with Crippen molar-refractivity contribution in [3.05, 3.63) is 49.5 Å². The highest BCUT2D eigenvalue weighted by atomic mass is 35.5. The lowest BCUT2D eigenvalue weighted by molar-refractivity contribution is -0.117. The number of nitrogens with one attached hydrogen (secondary N) is 1. The Morgan fingerprint density at radius 2 is 2.13 bits per heavy atom. The summed E-state index contributed by atoms with van der Waals surface area (Å²) in [6.07, 6.45) is 1.33. The first-order chi connectivity index (χ1) is 10.8. The number of rotatable bonds is 3. The van der Waals surface area contributed by atoms with E-state index in [0.717, 1.165) is 4.68 Å². The van der Waals surface area contributed by atoms with E-state index in [-0.39, 0.29) is 22.9 Å².